The molecule has 110 valence electrons. The van der Waals surface area contributed by atoms with Gasteiger partial charge in [0.25, 0.3) is 0 Å². The van der Waals surface area contributed by atoms with E-state index in [0.717, 1.165) is 11.1 Å². The highest BCUT2D eigenvalue weighted by Gasteiger charge is 2.19. The Morgan fingerprint density at radius 1 is 1.25 bits per heavy atom. The summed E-state index contributed by atoms with van der Waals surface area (Å²) in [6, 6.07) is 7.73. The second-order valence-electron chi connectivity index (χ2n) is 5.66. The number of hydrogen-bond acceptors (Lipinski definition) is 3. The molecule has 0 heterocycles. The van der Waals surface area contributed by atoms with Crippen LogP contribution in [0, 0.1) is 0 Å². The summed E-state index contributed by atoms with van der Waals surface area (Å²) in [6.45, 7) is 9.84. The number of ether oxygens (including phenoxy) is 2. The molecule has 0 saturated heterocycles. The van der Waals surface area contributed by atoms with Gasteiger partial charge in [-0.1, -0.05) is 30.8 Å². The van der Waals surface area contributed by atoms with Crippen molar-refractivity contribution in [3.05, 3.63) is 42.0 Å². The lowest BCUT2D eigenvalue weighted by Crippen LogP contribution is -2.33. The Bertz CT molecular complexity index is 471. The van der Waals surface area contributed by atoms with Gasteiger partial charge < -0.3 is 14.4 Å². The van der Waals surface area contributed by atoms with Crippen molar-refractivity contribution in [3.63, 3.8) is 0 Å². The SMILES string of the molecule is C=C(OC)c1ccc(CN(C)C(=O)OC(C)(C)C)cc1. The molecule has 4 heteroatoms. The van der Waals surface area contributed by atoms with Crippen molar-refractivity contribution in [3.8, 4) is 0 Å². The molecule has 0 bridgehead atoms. The predicted molar refractivity (Wildman–Crippen MR) is 80.2 cm³/mol. The second kappa shape index (κ2) is 6.46. The summed E-state index contributed by atoms with van der Waals surface area (Å²) in [5, 5.41) is 0. The first-order valence-electron chi connectivity index (χ1n) is 6.49. The average molecular weight is 277 g/mol. The van der Waals surface area contributed by atoms with Crippen LogP contribution in [0.4, 0.5) is 4.79 Å². The third kappa shape index (κ3) is 4.96. The first kappa shape index (κ1) is 16.1. The van der Waals surface area contributed by atoms with Crippen LogP contribution in [0.25, 0.3) is 5.76 Å². The molecule has 1 aromatic rings. The van der Waals surface area contributed by atoms with Crippen LogP contribution in [0.1, 0.15) is 31.9 Å². The van der Waals surface area contributed by atoms with Gasteiger partial charge in [0.1, 0.15) is 11.4 Å². The normalized spacial score (nSPS) is 10.8. The molecule has 0 atom stereocenters. The molecule has 0 aliphatic carbocycles. The highest BCUT2D eigenvalue weighted by Crippen LogP contribution is 2.15. The van der Waals surface area contributed by atoms with Crippen LogP contribution >= 0.6 is 0 Å². The molecule has 0 saturated carbocycles. The quantitative estimate of drug-likeness (QED) is 0.788. The molecule has 1 rings (SSSR count). The Morgan fingerprint density at radius 3 is 2.25 bits per heavy atom. The zero-order valence-electron chi connectivity index (χ0n) is 12.9. The standard InChI is InChI=1S/C16H23NO3/c1-12(19-6)14-9-7-13(8-10-14)11-17(5)15(18)20-16(2,3)4/h7-10H,1,11H2,2-6H3. The lowest BCUT2D eigenvalue weighted by molar-refractivity contribution is 0.0285. The number of methoxy groups -OCH3 is 1. The molecular weight excluding hydrogens is 254 g/mol. The van der Waals surface area contributed by atoms with Crippen LogP contribution in [0.5, 0.6) is 0 Å². The molecule has 20 heavy (non-hydrogen) atoms. The first-order valence-corrected chi connectivity index (χ1v) is 6.49. The van der Waals surface area contributed by atoms with Gasteiger partial charge in [-0.3, -0.25) is 0 Å². The summed E-state index contributed by atoms with van der Waals surface area (Å²) in [6.07, 6.45) is -0.331. The van der Waals surface area contributed by atoms with Crippen molar-refractivity contribution >= 4 is 11.9 Å². The summed E-state index contributed by atoms with van der Waals surface area (Å²) in [5.74, 6) is 0.622. The molecular formula is C16H23NO3. The van der Waals surface area contributed by atoms with E-state index < -0.39 is 5.60 Å². The van der Waals surface area contributed by atoms with Gasteiger partial charge in [-0.2, -0.15) is 0 Å². The number of nitrogens with zero attached hydrogens (tertiary/aromatic N) is 1. The summed E-state index contributed by atoms with van der Waals surface area (Å²) in [5.41, 5.74) is 1.47. The van der Waals surface area contributed by atoms with E-state index in [1.54, 1.807) is 19.1 Å². The van der Waals surface area contributed by atoms with Gasteiger partial charge in [0.15, 0.2) is 0 Å². The molecule has 0 unspecified atom stereocenters. The van der Waals surface area contributed by atoms with Gasteiger partial charge in [-0.15, -0.1) is 0 Å². The molecule has 0 aromatic heterocycles. The molecule has 0 aliphatic heterocycles. The number of rotatable bonds is 4. The predicted octanol–water partition coefficient (Wildman–Crippen LogP) is 3.67. The minimum atomic E-state index is -0.481. The summed E-state index contributed by atoms with van der Waals surface area (Å²) in [4.78, 5) is 13.4. The van der Waals surface area contributed by atoms with E-state index in [0.29, 0.717) is 12.3 Å². The van der Waals surface area contributed by atoms with Crippen LogP contribution in [-0.4, -0.2) is 30.8 Å². The largest absolute Gasteiger partial charge is 0.497 e. The molecule has 0 fully saturated rings. The van der Waals surface area contributed by atoms with Crippen LogP contribution in [-0.2, 0) is 16.0 Å². The van der Waals surface area contributed by atoms with Crippen LogP contribution < -0.4 is 0 Å². The van der Waals surface area contributed by atoms with Crippen molar-refractivity contribution in [1.29, 1.82) is 0 Å². The number of amides is 1. The Hall–Kier alpha value is -1.97. The Morgan fingerprint density at radius 2 is 1.80 bits per heavy atom. The molecule has 0 spiro atoms. The zero-order chi connectivity index (χ0) is 15.3. The van der Waals surface area contributed by atoms with E-state index in [4.69, 9.17) is 9.47 Å². The van der Waals surface area contributed by atoms with Crippen molar-refractivity contribution in [2.75, 3.05) is 14.2 Å². The first-order chi connectivity index (χ1) is 9.23. The van der Waals surface area contributed by atoms with E-state index in [2.05, 4.69) is 6.58 Å². The lowest BCUT2D eigenvalue weighted by Gasteiger charge is -2.24. The smallest absolute Gasteiger partial charge is 0.410 e. The molecule has 0 aliphatic rings. The van der Waals surface area contributed by atoms with Crippen molar-refractivity contribution < 1.29 is 14.3 Å². The summed E-state index contributed by atoms with van der Waals surface area (Å²) >= 11 is 0. The maximum atomic E-state index is 11.9. The third-order valence-electron chi connectivity index (χ3n) is 2.65. The van der Waals surface area contributed by atoms with E-state index >= 15 is 0 Å². The number of hydrogen-bond donors (Lipinski definition) is 0. The molecule has 0 radical (unpaired) electrons. The highest BCUT2D eigenvalue weighted by molar-refractivity contribution is 5.67. The number of carbonyl (C=O) groups excluding carboxylic acids is 1. The Kier molecular flexibility index (Phi) is 5.19. The Labute approximate surface area is 121 Å². The van der Waals surface area contributed by atoms with Gasteiger partial charge >= 0.3 is 6.09 Å². The van der Waals surface area contributed by atoms with Crippen molar-refractivity contribution in [2.45, 2.75) is 32.9 Å². The van der Waals surface area contributed by atoms with Gasteiger partial charge in [0, 0.05) is 19.2 Å². The van der Waals surface area contributed by atoms with E-state index in [9.17, 15) is 4.79 Å². The monoisotopic (exact) mass is 277 g/mol. The fourth-order valence-electron chi connectivity index (χ4n) is 1.59. The van der Waals surface area contributed by atoms with Gasteiger partial charge in [-0.05, 0) is 26.3 Å². The molecule has 4 nitrogen and oxygen atoms in total. The molecule has 0 N–H and O–H groups in total. The number of benzene rings is 1. The Balaban J connectivity index is 2.64. The van der Waals surface area contributed by atoms with E-state index in [1.807, 2.05) is 45.0 Å². The minimum absolute atomic E-state index is 0.331. The van der Waals surface area contributed by atoms with Gasteiger partial charge in [-0.25, -0.2) is 4.79 Å². The fraction of sp³-hybridized carbons (Fsp3) is 0.438. The minimum Gasteiger partial charge on any atom is -0.497 e. The van der Waals surface area contributed by atoms with E-state index in [-0.39, 0.29) is 6.09 Å². The van der Waals surface area contributed by atoms with Crippen LogP contribution in [0.15, 0.2) is 30.8 Å². The summed E-state index contributed by atoms with van der Waals surface area (Å²) in [7, 11) is 3.31. The maximum absolute atomic E-state index is 11.9. The van der Waals surface area contributed by atoms with Gasteiger partial charge in [0.2, 0.25) is 0 Å². The highest BCUT2D eigenvalue weighted by atomic mass is 16.6. The fourth-order valence-corrected chi connectivity index (χ4v) is 1.59. The van der Waals surface area contributed by atoms with Crippen LogP contribution in [0.2, 0.25) is 0 Å². The molecule has 1 aromatic carbocycles. The van der Waals surface area contributed by atoms with Crippen molar-refractivity contribution in [1.82, 2.24) is 4.90 Å². The third-order valence-corrected chi connectivity index (χ3v) is 2.65. The van der Waals surface area contributed by atoms with Gasteiger partial charge in [0.05, 0.1) is 7.11 Å². The zero-order valence-corrected chi connectivity index (χ0v) is 12.9. The lowest BCUT2D eigenvalue weighted by atomic mass is 10.1. The topological polar surface area (TPSA) is 38.8 Å². The molecule has 1 amide bonds. The van der Waals surface area contributed by atoms with Crippen LogP contribution in [0.3, 0.4) is 0 Å². The number of carbonyl (C=O) groups is 1. The average Bonchev–Trinajstić information content (AvgIpc) is 2.36. The van der Waals surface area contributed by atoms with Crippen molar-refractivity contribution in [2.24, 2.45) is 0 Å². The maximum Gasteiger partial charge on any atom is 0.410 e. The van der Waals surface area contributed by atoms with E-state index in [1.165, 1.54) is 0 Å². The second-order valence-corrected chi connectivity index (χ2v) is 5.66. The summed E-state index contributed by atoms with van der Waals surface area (Å²) < 4.78 is 10.4.